The summed E-state index contributed by atoms with van der Waals surface area (Å²) in [6, 6.07) is 11.5. The smallest absolute Gasteiger partial charge is 0.418 e. The van der Waals surface area contributed by atoms with Crippen LogP contribution in [0.1, 0.15) is 28.7 Å². The van der Waals surface area contributed by atoms with Gasteiger partial charge in [0.15, 0.2) is 0 Å². The van der Waals surface area contributed by atoms with E-state index in [0.29, 0.717) is 27.1 Å². The maximum atomic E-state index is 13.5. The fraction of sp³-hybridized carbons (Fsp3) is 0.179. The first kappa shape index (κ1) is 27.8. The predicted molar refractivity (Wildman–Crippen MR) is 135 cm³/mol. The number of carboxylic acid groups (broad SMARTS) is 1. The highest BCUT2D eigenvalue weighted by Crippen LogP contribution is 2.37. The lowest BCUT2D eigenvalue weighted by Gasteiger charge is -2.16. The minimum Gasteiger partial charge on any atom is -0.550 e. The number of fused-ring (bicyclic) bond motifs is 1. The van der Waals surface area contributed by atoms with Gasteiger partial charge in [-0.2, -0.15) is 13.2 Å². The third-order valence-corrected chi connectivity index (χ3v) is 6.42. The van der Waals surface area contributed by atoms with Crippen molar-refractivity contribution in [3.8, 4) is 11.1 Å². The Balaban J connectivity index is 1.83. The molecule has 1 heterocycles. The molecule has 0 fully saturated rings. The van der Waals surface area contributed by atoms with Crippen LogP contribution < -0.4 is 16.0 Å². The first-order valence-corrected chi connectivity index (χ1v) is 11.9. The number of amides is 1. The molecule has 0 aliphatic heterocycles. The molecule has 0 unspecified atom stereocenters. The Bertz CT molecular complexity index is 1660. The highest BCUT2D eigenvalue weighted by atomic mass is 35.5. The van der Waals surface area contributed by atoms with E-state index in [-0.39, 0.29) is 35.6 Å². The molecule has 1 N–H and O–H groups in total. The molecule has 3 aromatic carbocycles. The van der Waals surface area contributed by atoms with Crippen LogP contribution in [0.4, 0.5) is 23.2 Å². The van der Waals surface area contributed by atoms with Crippen LogP contribution >= 0.6 is 11.6 Å². The Morgan fingerprint density at radius 3 is 2.51 bits per heavy atom. The third-order valence-electron chi connectivity index (χ3n) is 6.01. The molecule has 11 heteroatoms. The summed E-state index contributed by atoms with van der Waals surface area (Å²) in [6.45, 7) is 1.71. The Morgan fingerprint density at radius 1 is 1.08 bits per heavy atom. The Labute approximate surface area is 223 Å². The number of alkyl halides is 3. The van der Waals surface area contributed by atoms with Gasteiger partial charge in [-0.1, -0.05) is 35.9 Å². The molecule has 0 saturated carbocycles. The number of carbonyl (C=O) groups is 2. The monoisotopic (exact) mass is 560 g/mol. The van der Waals surface area contributed by atoms with Crippen LogP contribution in [0.3, 0.4) is 0 Å². The van der Waals surface area contributed by atoms with Gasteiger partial charge in [0, 0.05) is 28.0 Å². The van der Waals surface area contributed by atoms with Crippen molar-refractivity contribution >= 4 is 40.1 Å². The highest BCUT2D eigenvalue weighted by Gasteiger charge is 2.34. The van der Waals surface area contributed by atoms with E-state index in [1.165, 1.54) is 6.07 Å². The number of carboxylic acids is 1. The molecule has 0 bridgehead atoms. The van der Waals surface area contributed by atoms with E-state index < -0.39 is 47.2 Å². The molecule has 6 nitrogen and oxygen atoms in total. The summed E-state index contributed by atoms with van der Waals surface area (Å²) in [5.74, 6) is -3.35. The zero-order chi connectivity index (χ0) is 28.5. The second-order valence-corrected chi connectivity index (χ2v) is 9.23. The first-order valence-electron chi connectivity index (χ1n) is 11.5. The quantitative estimate of drug-likeness (QED) is 0.240. The van der Waals surface area contributed by atoms with Gasteiger partial charge >= 0.3 is 11.8 Å². The van der Waals surface area contributed by atoms with Gasteiger partial charge in [0.2, 0.25) is 5.91 Å². The van der Waals surface area contributed by atoms with Crippen LogP contribution in [-0.4, -0.2) is 11.9 Å². The summed E-state index contributed by atoms with van der Waals surface area (Å²) in [4.78, 5) is 36.9. The number of nitrogens with one attached hydrogen (secondary N) is 1. The minimum absolute atomic E-state index is 0.118. The van der Waals surface area contributed by atoms with Crippen LogP contribution in [0.2, 0.25) is 5.02 Å². The molecule has 0 radical (unpaired) electrons. The molecule has 202 valence electrons. The molecule has 1 aromatic heterocycles. The van der Waals surface area contributed by atoms with E-state index in [0.717, 1.165) is 12.1 Å². The minimum atomic E-state index is -4.94. The largest absolute Gasteiger partial charge is 0.550 e. The van der Waals surface area contributed by atoms with E-state index in [2.05, 4.69) is 5.32 Å². The average molecular weight is 561 g/mol. The van der Waals surface area contributed by atoms with Crippen LogP contribution in [0, 0.1) is 12.7 Å². The number of carbonyl (C=O) groups excluding carboxylic acids is 2. The van der Waals surface area contributed by atoms with Gasteiger partial charge in [-0.05, 0) is 60.7 Å². The number of hydrogen-bond acceptors (Lipinski definition) is 5. The molecular weight excluding hydrogens is 542 g/mol. The number of aryl methyl sites for hydroxylation is 2. The third kappa shape index (κ3) is 6.28. The molecule has 4 aromatic rings. The molecule has 0 aliphatic carbocycles. The highest BCUT2D eigenvalue weighted by molar-refractivity contribution is 6.32. The molecule has 0 atom stereocenters. The summed E-state index contributed by atoms with van der Waals surface area (Å²) in [5, 5.41) is 13.8. The number of hydrogen-bond donors (Lipinski definition) is 1. The molecular formula is C28H19ClF4NO5-. The van der Waals surface area contributed by atoms with Gasteiger partial charge in [-0.25, -0.2) is 9.18 Å². The standard InChI is InChI=1S/C28H20ClF4NO5/c1-14-9-18-23(13-21(14)29)39-27(38)19(26(18)16-4-2-3-15(10-16)5-8-25(36)37)12-24(35)34-22-7-6-17(30)11-20(22)28(31,32)33/h2-4,6-7,9-11,13H,5,8,12H2,1H3,(H,34,35)(H,36,37)/p-1. The summed E-state index contributed by atoms with van der Waals surface area (Å²) in [5.41, 5.74) is -1.03. The van der Waals surface area contributed by atoms with Crippen molar-refractivity contribution in [3.63, 3.8) is 0 Å². The fourth-order valence-corrected chi connectivity index (χ4v) is 4.36. The van der Waals surface area contributed by atoms with E-state index >= 15 is 0 Å². The number of benzene rings is 3. The van der Waals surface area contributed by atoms with Crippen molar-refractivity contribution in [2.24, 2.45) is 0 Å². The topological polar surface area (TPSA) is 99.4 Å². The van der Waals surface area contributed by atoms with Crippen molar-refractivity contribution in [2.45, 2.75) is 32.4 Å². The molecule has 0 saturated heterocycles. The zero-order valence-corrected chi connectivity index (χ0v) is 21.0. The predicted octanol–water partition coefficient (Wildman–Crippen LogP) is 5.44. The lowest BCUT2D eigenvalue weighted by molar-refractivity contribution is -0.305. The lowest BCUT2D eigenvalue weighted by Crippen LogP contribution is -2.22. The maximum Gasteiger partial charge on any atom is 0.418 e. The number of halogens is 5. The second-order valence-electron chi connectivity index (χ2n) is 8.83. The number of aliphatic carboxylic acids is 1. The first-order chi connectivity index (χ1) is 18.3. The van der Waals surface area contributed by atoms with Gasteiger partial charge in [0.05, 0.1) is 23.2 Å². The van der Waals surface area contributed by atoms with Gasteiger partial charge < -0.3 is 19.6 Å². The Hall–Kier alpha value is -4.18. The Kier molecular flexibility index (Phi) is 7.78. The van der Waals surface area contributed by atoms with Gasteiger partial charge in [0.1, 0.15) is 11.4 Å². The van der Waals surface area contributed by atoms with E-state index in [1.807, 2.05) is 0 Å². The fourth-order valence-electron chi connectivity index (χ4n) is 4.20. The summed E-state index contributed by atoms with van der Waals surface area (Å²) < 4.78 is 59.1. The van der Waals surface area contributed by atoms with Crippen molar-refractivity contribution in [2.75, 3.05) is 5.32 Å². The SMILES string of the molecule is Cc1cc2c(-c3cccc(CCC(=O)[O-])c3)c(CC(=O)Nc3ccc(F)cc3C(F)(F)F)c(=O)oc2cc1Cl. The second kappa shape index (κ2) is 10.9. The van der Waals surface area contributed by atoms with Gasteiger partial charge in [0.25, 0.3) is 0 Å². The van der Waals surface area contributed by atoms with Crippen LogP contribution in [-0.2, 0) is 28.6 Å². The van der Waals surface area contributed by atoms with Crippen molar-refractivity contribution in [3.05, 3.63) is 98.1 Å². The van der Waals surface area contributed by atoms with Gasteiger partial charge in [-0.3, -0.25) is 4.79 Å². The summed E-state index contributed by atoms with van der Waals surface area (Å²) in [7, 11) is 0. The van der Waals surface area contributed by atoms with Crippen LogP contribution in [0.25, 0.3) is 22.1 Å². The van der Waals surface area contributed by atoms with E-state index in [4.69, 9.17) is 16.0 Å². The van der Waals surface area contributed by atoms with Crippen LogP contribution in [0.5, 0.6) is 0 Å². The van der Waals surface area contributed by atoms with Crippen LogP contribution in [0.15, 0.2) is 63.8 Å². The Morgan fingerprint density at radius 2 is 1.82 bits per heavy atom. The number of anilines is 1. The van der Waals surface area contributed by atoms with Crippen molar-refractivity contribution in [1.29, 1.82) is 0 Å². The maximum absolute atomic E-state index is 13.5. The van der Waals surface area contributed by atoms with Crippen molar-refractivity contribution < 1.29 is 36.7 Å². The molecule has 39 heavy (non-hydrogen) atoms. The number of rotatable bonds is 7. The summed E-state index contributed by atoms with van der Waals surface area (Å²) in [6.07, 6.45) is -5.72. The van der Waals surface area contributed by atoms with E-state index in [9.17, 15) is 37.1 Å². The molecule has 1 amide bonds. The van der Waals surface area contributed by atoms with E-state index in [1.54, 1.807) is 37.3 Å². The molecule has 0 spiro atoms. The molecule has 0 aliphatic rings. The van der Waals surface area contributed by atoms with Crippen molar-refractivity contribution in [1.82, 2.24) is 0 Å². The summed E-state index contributed by atoms with van der Waals surface area (Å²) >= 11 is 6.21. The zero-order valence-electron chi connectivity index (χ0n) is 20.2. The van der Waals surface area contributed by atoms with Gasteiger partial charge in [-0.15, -0.1) is 0 Å². The average Bonchev–Trinajstić information content (AvgIpc) is 2.85. The molecule has 4 rings (SSSR count). The lowest BCUT2D eigenvalue weighted by atomic mass is 9.92. The normalized spacial score (nSPS) is 11.5.